The Labute approximate surface area is 125 Å². The van der Waals surface area contributed by atoms with E-state index in [1.54, 1.807) is 18.2 Å². The highest BCUT2D eigenvalue weighted by Crippen LogP contribution is 2.27. The number of halogens is 4. The molecule has 0 radical (unpaired) electrons. The molecule has 1 heterocycles. The lowest BCUT2D eigenvalue weighted by Gasteiger charge is -2.08. The number of hydrogen-bond donors (Lipinski definition) is 1. The largest absolute Gasteiger partial charge is 0.369 e. The minimum Gasteiger partial charge on any atom is -0.369 e. The first-order valence-corrected chi connectivity index (χ1v) is 6.63. The van der Waals surface area contributed by atoms with Crippen molar-refractivity contribution in [2.24, 2.45) is 0 Å². The van der Waals surface area contributed by atoms with Gasteiger partial charge in [-0.15, -0.1) is 0 Å². The molecular formula is C13H7F3IN3. The Bertz CT molecular complexity index is 829. The number of nitrogens with two attached hydrogens (primary N) is 1. The first-order valence-electron chi connectivity index (χ1n) is 5.56. The number of nitrogens with zero attached hydrogens (tertiary/aromatic N) is 2. The number of fused-ring (bicyclic) bond motifs is 1. The van der Waals surface area contributed by atoms with Gasteiger partial charge in [0.2, 0.25) is 5.95 Å². The average molecular weight is 389 g/mol. The van der Waals surface area contributed by atoms with E-state index in [0.717, 1.165) is 9.64 Å². The molecule has 0 bridgehead atoms. The summed E-state index contributed by atoms with van der Waals surface area (Å²) in [5.41, 5.74) is 6.66. The summed E-state index contributed by atoms with van der Waals surface area (Å²) in [5, 5.41) is 0. The van der Waals surface area contributed by atoms with Gasteiger partial charge in [-0.2, -0.15) is 0 Å². The molecule has 20 heavy (non-hydrogen) atoms. The number of rotatable bonds is 1. The molecule has 0 amide bonds. The molecule has 0 fully saturated rings. The Balaban J connectivity index is 2.35. The highest BCUT2D eigenvalue weighted by Gasteiger charge is 2.16. The van der Waals surface area contributed by atoms with Gasteiger partial charge in [-0.3, -0.25) is 4.57 Å². The van der Waals surface area contributed by atoms with Crippen LogP contribution < -0.4 is 5.73 Å². The molecule has 0 aliphatic heterocycles. The van der Waals surface area contributed by atoms with E-state index in [1.165, 1.54) is 4.57 Å². The first-order chi connectivity index (χ1) is 9.47. The van der Waals surface area contributed by atoms with E-state index in [0.29, 0.717) is 17.1 Å². The number of benzene rings is 2. The van der Waals surface area contributed by atoms with Crippen LogP contribution in [0.4, 0.5) is 19.1 Å². The zero-order valence-corrected chi connectivity index (χ0v) is 12.0. The third-order valence-electron chi connectivity index (χ3n) is 2.87. The third-order valence-corrected chi connectivity index (χ3v) is 3.54. The van der Waals surface area contributed by atoms with Crippen LogP contribution in [0.15, 0.2) is 30.3 Å². The van der Waals surface area contributed by atoms with Gasteiger partial charge in [-0.05, 0) is 40.8 Å². The van der Waals surface area contributed by atoms with Gasteiger partial charge < -0.3 is 5.73 Å². The lowest BCUT2D eigenvalue weighted by atomic mass is 10.2. The minimum absolute atomic E-state index is 0.00640. The SMILES string of the molecule is Nc1nc2cc(I)ccc2n1-c1cc(F)c(F)cc1F. The number of aromatic nitrogens is 2. The molecule has 3 nitrogen and oxygen atoms in total. The number of hydrogen-bond acceptors (Lipinski definition) is 2. The van der Waals surface area contributed by atoms with Crippen LogP contribution >= 0.6 is 22.6 Å². The van der Waals surface area contributed by atoms with Gasteiger partial charge in [-0.25, -0.2) is 18.2 Å². The summed E-state index contributed by atoms with van der Waals surface area (Å²) in [6.45, 7) is 0. The Morgan fingerprint density at radius 1 is 1.00 bits per heavy atom. The molecule has 102 valence electrons. The molecule has 3 rings (SSSR count). The molecule has 0 aliphatic carbocycles. The van der Waals surface area contributed by atoms with Crippen LogP contribution in [0, 0.1) is 21.0 Å². The second-order valence-corrected chi connectivity index (χ2v) is 5.40. The van der Waals surface area contributed by atoms with Crippen LogP contribution in [0.2, 0.25) is 0 Å². The fraction of sp³-hybridized carbons (Fsp3) is 0. The summed E-state index contributed by atoms with van der Waals surface area (Å²) in [5.74, 6) is -3.29. The van der Waals surface area contributed by atoms with Crippen molar-refractivity contribution in [3.8, 4) is 5.69 Å². The predicted molar refractivity (Wildman–Crippen MR) is 78.1 cm³/mol. The van der Waals surface area contributed by atoms with E-state index >= 15 is 0 Å². The highest BCUT2D eigenvalue weighted by molar-refractivity contribution is 14.1. The van der Waals surface area contributed by atoms with Gasteiger partial charge in [0.25, 0.3) is 0 Å². The van der Waals surface area contributed by atoms with Gasteiger partial charge in [0, 0.05) is 15.7 Å². The second-order valence-electron chi connectivity index (χ2n) is 4.16. The maximum Gasteiger partial charge on any atom is 0.206 e. The first kappa shape index (κ1) is 13.2. The predicted octanol–water partition coefficient (Wildman–Crippen LogP) is 3.63. The van der Waals surface area contributed by atoms with Gasteiger partial charge in [-0.1, -0.05) is 0 Å². The smallest absolute Gasteiger partial charge is 0.206 e. The molecule has 2 aromatic carbocycles. The van der Waals surface area contributed by atoms with Crippen molar-refractivity contribution in [3.05, 3.63) is 51.4 Å². The zero-order chi connectivity index (χ0) is 14.4. The molecule has 2 N–H and O–H groups in total. The van der Waals surface area contributed by atoms with Crippen LogP contribution in [0.5, 0.6) is 0 Å². The van der Waals surface area contributed by atoms with E-state index in [2.05, 4.69) is 27.6 Å². The quantitative estimate of drug-likeness (QED) is 0.511. The Kier molecular flexibility index (Phi) is 3.08. The summed E-state index contributed by atoms with van der Waals surface area (Å²) in [7, 11) is 0. The summed E-state index contributed by atoms with van der Waals surface area (Å²) >= 11 is 2.11. The third kappa shape index (κ3) is 2.01. The van der Waals surface area contributed by atoms with Crippen molar-refractivity contribution < 1.29 is 13.2 Å². The number of imidazole rings is 1. The van der Waals surface area contributed by atoms with Gasteiger partial charge in [0.1, 0.15) is 5.82 Å². The van der Waals surface area contributed by atoms with Crippen molar-refractivity contribution in [1.82, 2.24) is 9.55 Å². The lowest BCUT2D eigenvalue weighted by molar-refractivity contribution is 0.493. The molecule has 1 aromatic heterocycles. The molecule has 3 aromatic rings. The van der Waals surface area contributed by atoms with Gasteiger partial charge in [0.15, 0.2) is 11.6 Å². The van der Waals surface area contributed by atoms with Crippen molar-refractivity contribution >= 4 is 39.6 Å². The summed E-state index contributed by atoms with van der Waals surface area (Å²) in [6, 6.07) is 6.50. The van der Waals surface area contributed by atoms with Crippen molar-refractivity contribution in [1.29, 1.82) is 0 Å². The fourth-order valence-corrected chi connectivity index (χ4v) is 2.48. The molecule has 0 saturated heterocycles. The normalized spacial score (nSPS) is 11.2. The monoisotopic (exact) mass is 389 g/mol. The highest BCUT2D eigenvalue weighted by atomic mass is 127. The molecule has 0 spiro atoms. The van der Waals surface area contributed by atoms with Crippen molar-refractivity contribution in [2.75, 3.05) is 5.73 Å². The average Bonchev–Trinajstić information content (AvgIpc) is 2.69. The summed E-state index contributed by atoms with van der Waals surface area (Å²) < 4.78 is 42.4. The number of anilines is 1. The topological polar surface area (TPSA) is 43.8 Å². The molecule has 0 atom stereocenters. The fourth-order valence-electron chi connectivity index (χ4n) is 2.01. The van der Waals surface area contributed by atoms with Gasteiger partial charge in [0.05, 0.1) is 16.7 Å². The molecule has 0 saturated carbocycles. The molecular weight excluding hydrogens is 382 g/mol. The molecule has 0 aliphatic rings. The van der Waals surface area contributed by atoms with Crippen LogP contribution in [0.25, 0.3) is 16.7 Å². The summed E-state index contributed by atoms with van der Waals surface area (Å²) in [4.78, 5) is 4.10. The van der Waals surface area contributed by atoms with Crippen LogP contribution in [-0.4, -0.2) is 9.55 Å². The van der Waals surface area contributed by atoms with E-state index in [4.69, 9.17) is 5.73 Å². The Hall–Kier alpha value is -1.77. The Morgan fingerprint density at radius 3 is 2.45 bits per heavy atom. The molecule has 7 heteroatoms. The maximum absolute atomic E-state index is 13.9. The van der Waals surface area contributed by atoms with Crippen LogP contribution in [-0.2, 0) is 0 Å². The summed E-state index contributed by atoms with van der Waals surface area (Å²) in [6.07, 6.45) is 0. The minimum atomic E-state index is -1.25. The lowest BCUT2D eigenvalue weighted by Crippen LogP contribution is -2.04. The molecule has 0 unspecified atom stereocenters. The van der Waals surface area contributed by atoms with Crippen LogP contribution in [0.1, 0.15) is 0 Å². The zero-order valence-electron chi connectivity index (χ0n) is 9.87. The van der Waals surface area contributed by atoms with E-state index < -0.39 is 17.5 Å². The van der Waals surface area contributed by atoms with E-state index in [9.17, 15) is 13.2 Å². The van der Waals surface area contributed by atoms with Crippen molar-refractivity contribution in [3.63, 3.8) is 0 Å². The van der Waals surface area contributed by atoms with Crippen LogP contribution in [0.3, 0.4) is 0 Å². The van der Waals surface area contributed by atoms with E-state index in [-0.39, 0.29) is 11.6 Å². The maximum atomic E-state index is 13.9. The Morgan fingerprint density at radius 2 is 1.70 bits per heavy atom. The number of nitrogen functional groups attached to an aromatic ring is 1. The standard InChI is InChI=1S/C13H7F3IN3/c14-7-4-9(16)12(5-8(7)15)20-11-2-1-6(17)3-10(11)19-13(20)18/h1-5H,(H2,18,19). The van der Waals surface area contributed by atoms with E-state index in [1.807, 2.05) is 0 Å². The van der Waals surface area contributed by atoms with Gasteiger partial charge >= 0.3 is 0 Å². The second kappa shape index (κ2) is 4.65. The van der Waals surface area contributed by atoms with Crippen molar-refractivity contribution in [2.45, 2.75) is 0 Å².